The van der Waals surface area contributed by atoms with E-state index in [1.807, 2.05) is 18.3 Å². The molecule has 0 atom stereocenters. The summed E-state index contributed by atoms with van der Waals surface area (Å²) >= 11 is 8.75. The molecule has 0 saturated carbocycles. The lowest BCUT2D eigenvalue weighted by molar-refractivity contribution is 0.717. The highest BCUT2D eigenvalue weighted by atomic mass is 79.9. The van der Waals surface area contributed by atoms with Gasteiger partial charge in [0.15, 0.2) is 0 Å². The van der Waals surface area contributed by atoms with Gasteiger partial charge in [-0.05, 0) is 52.3 Å². The summed E-state index contributed by atoms with van der Waals surface area (Å²) in [6.45, 7) is 3.95. The van der Waals surface area contributed by atoms with Crippen molar-refractivity contribution in [1.29, 1.82) is 0 Å². The summed E-state index contributed by atoms with van der Waals surface area (Å²) in [7, 11) is 0. The van der Waals surface area contributed by atoms with Gasteiger partial charge in [0.05, 0.1) is 4.47 Å². The van der Waals surface area contributed by atoms with Crippen molar-refractivity contribution in [3.8, 4) is 0 Å². The van der Waals surface area contributed by atoms with E-state index in [1.165, 1.54) is 10.5 Å². The first-order valence-corrected chi connectivity index (χ1v) is 8.38. The number of hydrogen-bond donors (Lipinski definition) is 1. The van der Waals surface area contributed by atoms with Crippen molar-refractivity contribution in [2.24, 2.45) is 0 Å². The molecular weight excluding hydrogens is 388 g/mol. The molecule has 19 heavy (non-hydrogen) atoms. The molecule has 5 heteroatoms. The van der Waals surface area contributed by atoms with Gasteiger partial charge in [0.25, 0.3) is 0 Å². The molecule has 0 spiro atoms. The summed E-state index contributed by atoms with van der Waals surface area (Å²) < 4.78 is 2.11. The molecular formula is C14H14Br2N2S. The summed E-state index contributed by atoms with van der Waals surface area (Å²) in [5.74, 6) is 0. The van der Waals surface area contributed by atoms with Crippen LogP contribution >= 0.6 is 43.6 Å². The molecule has 1 aromatic heterocycles. The summed E-state index contributed by atoms with van der Waals surface area (Å²) in [5.41, 5.74) is 1.28. The monoisotopic (exact) mass is 400 g/mol. The first kappa shape index (κ1) is 15.0. The average Bonchev–Trinajstić information content (AvgIpc) is 2.40. The Morgan fingerprint density at radius 1 is 1.26 bits per heavy atom. The Morgan fingerprint density at radius 2 is 2.11 bits per heavy atom. The van der Waals surface area contributed by atoms with E-state index in [2.05, 4.69) is 67.3 Å². The summed E-state index contributed by atoms with van der Waals surface area (Å²) in [6, 6.07) is 10.3. The van der Waals surface area contributed by atoms with Crippen molar-refractivity contribution in [3.63, 3.8) is 0 Å². The van der Waals surface area contributed by atoms with Gasteiger partial charge in [0.1, 0.15) is 5.03 Å². The fraction of sp³-hybridized carbons (Fsp3) is 0.214. The zero-order valence-corrected chi connectivity index (χ0v) is 14.5. The van der Waals surface area contributed by atoms with E-state index in [0.29, 0.717) is 0 Å². The van der Waals surface area contributed by atoms with Crippen molar-refractivity contribution in [2.75, 3.05) is 6.54 Å². The molecule has 0 aliphatic carbocycles. The Balaban J connectivity index is 2.27. The molecule has 2 rings (SSSR count). The zero-order valence-electron chi connectivity index (χ0n) is 10.5. The second kappa shape index (κ2) is 7.43. The number of benzene rings is 1. The van der Waals surface area contributed by atoms with Crippen LogP contribution in [0.4, 0.5) is 0 Å². The molecule has 1 N–H and O–H groups in total. The highest BCUT2D eigenvalue weighted by Crippen LogP contribution is 2.35. The minimum atomic E-state index is 0.872. The Morgan fingerprint density at radius 3 is 2.84 bits per heavy atom. The molecule has 0 aliphatic heterocycles. The average molecular weight is 402 g/mol. The molecule has 2 aromatic rings. The normalized spacial score (nSPS) is 10.7. The maximum atomic E-state index is 4.40. The van der Waals surface area contributed by atoms with Crippen LogP contribution in [0.1, 0.15) is 12.5 Å². The van der Waals surface area contributed by atoms with Gasteiger partial charge in [-0.25, -0.2) is 4.98 Å². The molecule has 0 unspecified atom stereocenters. The third-order valence-electron chi connectivity index (χ3n) is 2.53. The maximum absolute atomic E-state index is 4.40. The maximum Gasteiger partial charge on any atom is 0.115 e. The van der Waals surface area contributed by atoms with Crippen LogP contribution in [0.2, 0.25) is 0 Å². The molecule has 1 heterocycles. The van der Waals surface area contributed by atoms with Crippen molar-refractivity contribution in [3.05, 3.63) is 51.0 Å². The van der Waals surface area contributed by atoms with Gasteiger partial charge in [-0.1, -0.05) is 40.7 Å². The van der Waals surface area contributed by atoms with Crippen LogP contribution in [0.25, 0.3) is 0 Å². The molecule has 100 valence electrons. The van der Waals surface area contributed by atoms with Crippen LogP contribution in [-0.2, 0) is 6.54 Å². The number of rotatable bonds is 5. The highest BCUT2D eigenvalue weighted by Gasteiger charge is 2.08. The van der Waals surface area contributed by atoms with Gasteiger partial charge in [0, 0.05) is 22.1 Å². The number of nitrogens with zero attached hydrogens (tertiary/aromatic N) is 1. The van der Waals surface area contributed by atoms with E-state index in [0.717, 1.165) is 27.1 Å². The fourth-order valence-corrected chi connectivity index (χ4v) is 3.53. The largest absolute Gasteiger partial charge is 0.313 e. The molecule has 0 radical (unpaired) electrons. The molecule has 0 amide bonds. The van der Waals surface area contributed by atoms with E-state index in [9.17, 15) is 0 Å². The first-order chi connectivity index (χ1) is 9.20. The second-order valence-electron chi connectivity index (χ2n) is 3.92. The summed E-state index contributed by atoms with van der Waals surface area (Å²) in [4.78, 5) is 5.62. The van der Waals surface area contributed by atoms with Crippen molar-refractivity contribution < 1.29 is 0 Å². The zero-order chi connectivity index (χ0) is 13.7. The van der Waals surface area contributed by atoms with Gasteiger partial charge in [-0.15, -0.1) is 0 Å². The molecule has 2 nitrogen and oxygen atoms in total. The van der Waals surface area contributed by atoms with Gasteiger partial charge in [-0.3, -0.25) is 0 Å². The van der Waals surface area contributed by atoms with Gasteiger partial charge < -0.3 is 5.32 Å². The highest BCUT2D eigenvalue weighted by molar-refractivity contribution is 9.10. The number of aromatic nitrogens is 1. The molecule has 1 aromatic carbocycles. The summed E-state index contributed by atoms with van der Waals surface area (Å²) in [5, 5.41) is 4.35. The number of hydrogen-bond acceptors (Lipinski definition) is 3. The lowest BCUT2D eigenvalue weighted by Crippen LogP contribution is -2.12. The Bertz CT molecular complexity index is 561. The smallest absolute Gasteiger partial charge is 0.115 e. The number of pyridine rings is 1. The van der Waals surface area contributed by atoms with Crippen molar-refractivity contribution in [2.45, 2.75) is 23.4 Å². The van der Waals surface area contributed by atoms with E-state index in [4.69, 9.17) is 0 Å². The minimum absolute atomic E-state index is 0.872. The fourth-order valence-electron chi connectivity index (χ4n) is 1.58. The van der Waals surface area contributed by atoms with Gasteiger partial charge in [-0.2, -0.15) is 0 Å². The van der Waals surface area contributed by atoms with Crippen LogP contribution in [0.5, 0.6) is 0 Å². The molecule has 0 aliphatic rings. The van der Waals surface area contributed by atoms with Crippen LogP contribution in [0, 0.1) is 0 Å². The van der Waals surface area contributed by atoms with Gasteiger partial charge >= 0.3 is 0 Å². The van der Waals surface area contributed by atoms with E-state index in [-0.39, 0.29) is 0 Å². The Hall–Kier alpha value is -0.360. The molecule has 0 saturated heterocycles. The van der Waals surface area contributed by atoms with Crippen LogP contribution < -0.4 is 5.32 Å². The third-order valence-corrected chi connectivity index (χ3v) is 5.04. The molecule has 0 fully saturated rings. The van der Waals surface area contributed by atoms with Crippen molar-refractivity contribution >= 4 is 43.6 Å². The van der Waals surface area contributed by atoms with Crippen LogP contribution in [0.3, 0.4) is 0 Å². The second-order valence-corrected chi connectivity index (χ2v) is 6.73. The number of nitrogens with one attached hydrogen (secondary N) is 1. The lowest BCUT2D eigenvalue weighted by atomic mass is 10.2. The van der Waals surface area contributed by atoms with E-state index in [1.54, 1.807) is 11.8 Å². The minimum Gasteiger partial charge on any atom is -0.313 e. The third kappa shape index (κ3) is 4.31. The van der Waals surface area contributed by atoms with Gasteiger partial charge in [0.2, 0.25) is 0 Å². The quantitative estimate of drug-likeness (QED) is 0.773. The summed E-state index contributed by atoms with van der Waals surface area (Å²) in [6.07, 6.45) is 1.81. The van der Waals surface area contributed by atoms with Crippen molar-refractivity contribution in [1.82, 2.24) is 10.3 Å². The Labute approximate surface area is 134 Å². The van der Waals surface area contributed by atoms with E-state index >= 15 is 0 Å². The van der Waals surface area contributed by atoms with Crippen LogP contribution in [-0.4, -0.2) is 11.5 Å². The Kier molecular flexibility index (Phi) is 5.88. The molecule has 0 bridgehead atoms. The standard InChI is InChI=1S/C14H14Br2N2S/c1-2-17-9-10-5-6-11(15)8-13(10)19-14-12(16)4-3-7-18-14/h3-8,17H,2,9H2,1H3. The predicted octanol–water partition coefficient (Wildman–Crippen LogP) is 4.87. The predicted molar refractivity (Wildman–Crippen MR) is 87.6 cm³/mol. The first-order valence-electron chi connectivity index (χ1n) is 5.98. The SMILES string of the molecule is CCNCc1ccc(Br)cc1Sc1ncccc1Br. The topological polar surface area (TPSA) is 24.9 Å². The lowest BCUT2D eigenvalue weighted by Gasteiger charge is -2.10. The number of halogens is 2. The van der Waals surface area contributed by atoms with E-state index < -0.39 is 0 Å². The van der Waals surface area contributed by atoms with Crippen LogP contribution in [0.15, 0.2) is 55.4 Å².